The lowest BCUT2D eigenvalue weighted by molar-refractivity contribution is -0.141. The molecule has 1 amide bonds. The topological polar surface area (TPSA) is 83.6 Å². The number of hydrogen-bond acceptors (Lipinski definition) is 4. The van der Waals surface area contributed by atoms with Crippen molar-refractivity contribution in [1.82, 2.24) is 10.1 Å². The summed E-state index contributed by atoms with van der Waals surface area (Å²) in [7, 11) is 0. The van der Waals surface area contributed by atoms with Crippen LogP contribution in [0.25, 0.3) is 0 Å². The Balaban J connectivity index is 1.84. The van der Waals surface area contributed by atoms with Gasteiger partial charge in [0.1, 0.15) is 0 Å². The summed E-state index contributed by atoms with van der Waals surface area (Å²) in [5.41, 5.74) is 1.55. The van der Waals surface area contributed by atoms with Crippen LogP contribution in [-0.2, 0) is 4.79 Å². The highest BCUT2D eigenvalue weighted by atomic mass is 16.5. The van der Waals surface area contributed by atoms with Crippen molar-refractivity contribution in [3.63, 3.8) is 0 Å². The van der Waals surface area contributed by atoms with E-state index >= 15 is 0 Å². The van der Waals surface area contributed by atoms with Gasteiger partial charge in [-0.15, -0.1) is 0 Å². The monoisotopic (exact) mass is 300 g/mol. The highest BCUT2D eigenvalue weighted by Gasteiger charge is 2.41. The van der Waals surface area contributed by atoms with Crippen LogP contribution in [-0.4, -0.2) is 40.1 Å². The maximum Gasteiger partial charge on any atom is 0.308 e. The predicted molar refractivity (Wildman–Crippen MR) is 77.5 cm³/mol. The van der Waals surface area contributed by atoms with E-state index in [-0.39, 0.29) is 24.1 Å². The molecule has 1 aromatic carbocycles. The van der Waals surface area contributed by atoms with E-state index in [1.807, 2.05) is 30.3 Å². The van der Waals surface area contributed by atoms with Crippen LogP contribution in [0.3, 0.4) is 0 Å². The molecule has 1 aliphatic heterocycles. The second-order valence-electron chi connectivity index (χ2n) is 5.50. The van der Waals surface area contributed by atoms with Crippen molar-refractivity contribution in [3.8, 4) is 0 Å². The number of rotatable bonds is 3. The number of amides is 1. The van der Waals surface area contributed by atoms with Gasteiger partial charge >= 0.3 is 5.97 Å². The highest BCUT2D eigenvalue weighted by molar-refractivity contribution is 5.92. The first-order chi connectivity index (χ1) is 10.6. The molecule has 3 rings (SSSR count). The van der Waals surface area contributed by atoms with Crippen molar-refractivity contribution >= 4 is 11.9 Å². The number of benzene rings is 1. The van der Waals surface area contributed by atoms with E-state index in [0.29, 0.717) is 12.2 Å². The standard InChI is InChI=1S/C16H16N2O4/c1-10-7-14(22-17-10)15(19)18-8-12(13(9-18)16(20)21)11-5-3-2-4-6-11/h2-7,12-13H,8-9H2,1H3,(H,20,21)/t12-,13-/m0/s1. The van der Waals surface area contributed by atoms with E-state index < -0.39 is 11.9 Å². The number of carboxylic acids is 1. The Hall–Kier alpha value is -2.63. The second-order valence-corrected chi connectivity index (χ2v) is 5.50. The largest absolute Gasteiger partial charge is 0.481 e. The third kappa shape index (κ3) is 2.59. The molecule has 22 heavy (non-hydrogen) atoms. The van der Waals surface area contributed by atoms with Gasteiger partial charge < -0.3 is 14.5 Å². The maximum atomic E-state index is 12.4. The third-order valence-corrected chi connectivity index (χ3v) is 3.99. The number of carbonyl (C=O) groups is 2. The van der Waals surface area contributed by atoms with Crippen LogP contribution in [0.15, 0.2) is 40.9 Å². The Labute approximate surface area is 127 Å². The molecule has 2 aromatic rings. The molecule has 0 unspecified atom stereocenters. The van der Waals surface area contributed by atoms with Crippen LogP contribution in [0.1, 0.15) is 27.7 Å². The number of aryl methyl sites for hydroxylation is 1. The zero-order valence-corrected chi connectivity index (χ0v) is 12.1. The summed E-state index contributed by atoms with van der Waals surface area (Å²) >= 11 is 0. The highest BCUT2D eigenvalue weighted by Crippen LogP contribution is 2.33. The summed E-state index contributed by atoms with van der Waals surface area (Å²) in [5, 5.41) is 13.1. The fourth-order valence-electron chi connectivity index (χ4n) is 2.88. The molecule has 0 radical (unpaired) electrons. The lowest BCUT2D eigenvalue weighted by atomic mass is 9.89. The summed E-state index contributed by atoms with van der Waals surface area (Å²) < 4.78 is 4.99. The average Bonchev–Trinajstić information content (AvgIpc) is 3.14. The molecular formula is C16H16N2O4. The number of likely N-dealkylation sites (tertiary alicyclic amines) is 1. The molecule has 1 fully saturated rings. The Kier molecular flexibility index (Phi) is 3.66. The van der Waals surface area contributed by atoms with Crippen molar-refractivity contribution < 1.29 is 19.2 Å². The lowest BCUT2D eigenvalue weighted by Crippen LogP contribution is -2.29. The van der Waals surface area contributed by atoms with Crippen LogP contribution in [0.5, 0.6) is 0 Å². The first-order valence-corrected chi connectivity index (χ1v) is 7.06. The van der Waals surface area contributed by atoms with Crippen molar-refractivity contribution in [2.45, 2.75) is 12.8 Å². The molecule has 1 N–H and O–H groups in total. The number of nitrogens with zero attached hydrogens (tertiary/aromatic N) is 2. The summed E-state index contributed by atoms with van der Waals surface area (Å²) in [6, 6.07) is 11.0. The molecule has 6 nitrogen and oxygen atoms in total. The van der Waals surface area contributed by atoms with Crippen molar-refractivity contribution in [3.05, 3.63) is 53.4 Å². The normalized spacial score (nSPS) is 21.0. The minimum Gasteiger partial charge on any atom is -0.481 e. The molecule has 0 bridgehead atoms. The molecule has 2 atom stereocenters. The quantitative estimate of drug-likeness (QED) is 0.936. The third-order valence-electron chi connectivity index (χ3n) is 3.99. The number of carboxylic acid groups (broad SMARTS) is 1. The number of aromatic nitrogens is 1. The SMILES string of the molecule is Cc1cc(C(=O)N2C[C@H](C(=O)O)[C@H](c3ccccc3)C2)on1. The van der Waals surface area contributed by atoms with Gasteiger partial charge in [0.15, 0.2) is 0 Å². The van der Waals surface area contributed by atoms with Crippen LogP contribution in [0.4, 0.5) is 0 Å². The number of hydrogen-bond donors (Lipinski definition) is 1. The van der Waals surface area contributed by atoms with Gasteiger partial charge in [0, 0.05) is 25.1 Å². The molecule has 1 aromatic heterocycles. The Morgan fingerprint density at radius 2 is 2.00 bits per heavy atom. The van der Waals surface area contributed by atoms with Crippen LogP contribution in [0, 0.1) is 12.8 Å². The first-order valence-electron chi connectivity index (χ1n) is 7.06. The van der Waals surface area contributed by atoms with Gasteiger partial charge in [0.2, 0.25) is 5.76 Å². The lowest BCUT2D eigenvalue weighted by Gasteiger charge is -2.15. The average molecular weight is 300 g/mol. The zero-order chi connectivity index (χ0) is 15.7. The minimum atomic E-state index is -0.891. The molecule has 2 heterocycles. The summed E-state index contributed by atoms with van der Waals surface area (Å²) in [4.78, 5) is 25.4. The van der Waals surface area contributed by atoms with Crippen LogP contribution < -0.4 is 0 Å². The van der Waals surface area contributed by atoms with Crippen molar-refractivity contribution in [2.75, 3.05) is 13.1 Å². The van der Waals surface area contributed by atoms with E-state index in [0.717, 1.165) is 5.56 Å². The fraction of sp³-hybridized carbons (Fsp3) is 0.312. The summed E-state index contributed by atoms with van der Waals surface area (Å²) in [5.74, 6) is -1.89. The Bertz CT molecular complexity index is 695. The van der Waals surface area contributed by atoms with Crippen molar-refractivity contribution in [2.24, 2.45) is 5.92 Å². The van der Waals surface area contributed by atoms with Crippen LogP contribution >= 0.6 is 0 Å². The van der Waals surface area contributed by atoms with E-state index in [1.165, 1.54) is 4.90 Å². The molecule has 0 saturated carbocycles. The van der Waals surface area contributed by atoms with Gasteiger partial charge in [-0.3, -0.25) is 9.59 Å². The number of carbonyl (C=O) groups excluding carboxylic acids is 1. The van der Waals surface area contributed by atoms with E-state index in [9.17, 15) is 14.7 Å². The van der Waals surface area contributed by atoms with E-state index in [1.54, 1.807) is 13.0 Å². The Morgan fingerprint density at radius 1 is 1.27 bits per heavy atom. The molecular weight excluding hydrogens is 284 g/mol. The summed E-state index contributed by atoms with van der Waals surface area (Å²) in [6.07, 6.45) is 0. The molecule has 0 spiro atoms. The van der Waals surface area contributed by atoms with E-state index in [4.69, 9.17) is 4.52 Å². The summed E-state index contributed by atoms with van der Waals surface area (Å²) in [6.45, 7) is 2.27. The predicted octanol–water partition coefficient (Wildman–Crippen LogP) is 1.92. The molecule has 6 heteroatoms. The smallest absolute Gasteiger partial charge is 0.308 e. The Morgan fingerprint density at radius 3 is 2.59 bits per heavy atom. The van der Waals surface area contributed by atoms with Gasteiger partial charge in [0.05, 0.1) is 11.6 Å². The van der Waals surface area contributed by atoms with Gasteiger partial charge in [-0.05, 0) is 12.5 Å². The van der Waals surface area contributed by atoms with Gasteiger partial charge in [-0.2, -0.15) is 0 Å². The van der Waals surface area contributed by atoms with Gasteiger partial charge in [-0.1, -0.05) is 35.5 Å². The second kappa shape index (κ2) is 5.63. The number of aliphatic carboxylic acids is 1. The van der Waals surface area contributed by atoms with Gasteiger partial charge in [-0.25, -0.2) is 0 Å². The fourth-order valence-corrected chi connectivity index (χ4v) is 2.88. The van der Waals surface area contributed by atoms with Crippen LogP contribution in [0.2, 0.25) is 0 Å². The molecule has 0 aliphatic carbocycles. The molecule has 1 saturated heterocycles. The molecule has 1 aliphatic rings. The van der Waals surface area contributed by atoms with E-state index in [2.05, 4.69) is 5.16 Å². The minimum absolute atomic E-state index is 0.148. The van der Waals surface area contributed by atoms with Crippen molar-refractivity contribution in [1.29, 1.82) is 0 Å². The van der Waals surface area contributed by atoms with Gasteiger partial charge in [0.25, 0.3) is 5.91 Å². The first kappa shape index (κ1) is 14.3. The zero-order valence-electron chi connectivity index (χ0n) is 12.1. The maximum absolute atomic E-state index is 12.4. The molecule has 114 valence electrons.